The molecule has 53 heavy (non-hydrogen) atoms. The van der Waals surface area contributed by atoms with Crippen LogP contribution in [-0.2, 0) is 18.4 Å². The molecule has 4 N–H and O–H groups in total. The lowest BCUT2D eigenvalue weighted by molar-refractivity contribution is -0.870. The van der Waals surface area contributed by atoms with Gasteiger partial charge in [0.25, 0.3) is 0 Å². The Morgan fingerprint density at radius 1 is 0.717 bits per heavy atom. The number of hydrogen-bond donors (Lipinski definition) is 4. The van der Waals surface area contributed by atoms with Gasteiger partial charge < -0.3 is 24.9 Å². The van der Waals surface area contributed by atoms with Crippen molar-refractivity contribution in [3.63, 3.8) is 0 Å². The van der Waals surface area contributed by atoms with Crippen molar-refractivity contribution in [1.82, 2.24) is 5.32 Å². The van der Waals surface area contributed by atoms with Crippen LogP contribution < -0.4 is 5.32 Å². The summed E-state index contributed by atoms with van der Waals surface area (Å²) in [5.41, 5.74) is 0. The first kappa shape index (κ1) is 51.4. The Kier molecular flexibility index (Phi) is 33.8. The number of hydrogen-bond acceptors (Lipinski definition) is 6. The topological polar surface area (TPSA) is 125 Å². The van der Waals surface area contributed by atoms with Crippen molar-refractivity contribution in [2.75, 3.05) is 40.9 Å². The maximum Gasteiger partial charge on any atom is 0.472 e. The molecule has 1 unspecified atom stereocenters. The van der Waals surface area contributed by atoms with Crippen molar-refractivity contribution in [2.24, 2.45) is 0 Å². The quantitative estimate of drug-likeness (QED) is 0.0163. The van der Waals surface area contributed by atoms with Crippen LogP contribution in [0.1, 0.15) is 162 Å². The average Bonchev–Trinajstić information content (AvgIpc) is 3.10. The summed E-state index contributed by atoms with van der Waals surface area (Å²) < 4.78 is 23.5. The van der Waals surface area contributed by atoms with E-state index in [1.807, 2.05) is 57.6 Å². The van der Waals surface area contributed by atoms with Gasteiger partial charge in [0.2, 0.25) is 5.91 Å². The van der Waals surface area contributed by atoms with Gasteiger partial charge in [0, 0.05) is 6.42 Å². The Bertz CT molecular complexity index is 1020. The number of allylic oxidation sites excluding steroid dienone is 6. The van der Waals surface area contributed by atoms with Crippen molar-refractivity contribution in [3.8, 4) is 0 Å². The van der Waals surface area contributed by atoms with Crippen LogP contribution in [0.15, 0.2) is 48.6 Å². The molecule has 0 aromatic carbocycles. The summed E-state index contributed by atoms with van der Waals surface area (Å²) in [6, 6.07) is -0.810. The summed E-state index contributed by atoms with van der Waals surface area (Å²) >= 11 is 0. The lowest BCUT2D eigenvalue weighted by Crippen LogP contribution is -2.46. The van der Waals surface area contributed by atoms with E-state index >= 15 is 0 Å². The molecule has 310 valence electrons. The van der Waals surface area contributed by atoms with Gasteiger partial charge >= 0.3 is 7.82 Å². The Morgan fingerprint density at radius 2 is 1.28 bits per heavy atom. The second kappa shape index (κ2) is 34.9. The highest BCUT2D eigenvalue weighted by Crippen LogP contribution is 2.43. The van der Waals surface area contributed by atoms with Gasteiger partial charge in [-0.05, 0) is 44.9 Å². The van der Waals surface area contributed by atoms with E-state index in [9.17, 15) is 24.5 Å². The molecule has 0 fully saturated rings. The van der Waals surface area contributed by atoms with Crippen molar-refractivity contribution in [2.45, 2.75) is 180 Å². The minimum atomic E-state index is -4.34. The summed E-state index contributed by atoms with van der Waals surface area (Å²) in [6.45, 7) is 4.71. The van der Waals surface area contributed by atoms with E-state index in [1.165, 1.54) is 83.5 Å². The number of nitrogens with zero attached hydrogens (tertiary/aromatic N) is 1. The highest BCUT2D eigenvalue weighted by atomic mass is 31.2. The zero-order valence-corrected chi connectivity index (χ0v) is 35.5. The van der Waals surface area contributed by atoms with Crippen LogP contribution in [0.5, 0.6) is 0 Å². The summed E-state index contributed by atoms with van der Waals surface area (Å²) in [6.07, 6.45) is 38.7. The summed E-state index contributed by atoms with van der Waals surface area (Å²) in [5, 5.41) is 23.9. The minimum Gasteiger partial charge on any atom is -0.391 e. The summed E-state index contributed by atoms with van der Waals surface area (Å²) in [7, 11) is 1.53. The standard InChI is InChI=1S/C43H81N2O7P/c1-6-8-10-12-14-15-16-17-18-19-23-27-31-35-42(47)41(39-52-53(49,50)51-38-37-45(3,4)5)44-43(48)36-32-28-24-20-22-26-30-34-40(46)33-29-25-21-13-11-9-7-2/h20-21,24-26,29-30,33,40-42,46-47H,6-19,22-23,27-28,31-32,34-39H2,1-5H3,(H-,44,48,49,50)/p+1/b24-20+,25-21-,30-26-,33-29-/t40-,41-,42+/m0/s1. The molecule has 0 aromatic heterocycles. The Balaban J connectivity index is 4.59. The molecule has 0 saturated carbocycles. The van der Waals surface area contributed by atoms with Crippen molar-refractivity contribution < 1.29 is 38.0 Å². The van der Waals surface area contributed by atoms with E-state index in [0.29, 0.717) is 30.3 Å². The van der Waals surface area contributed by atoms with Gasteiger partial charge in [0.05, 0.1) is 46.0 Å². The Hall–Kier alpha value is -1.58. The third-order valence-corrected chi connectivity index (χ3v) is 10.1. The smallest absolute Gasteiger partial charge is 0.391 e. The second-order valence-corrected chi connectivity index (χ2v) is 17.0. The number of carbonyl (C=O) groups is 1. The molecule has 0 bridgehead atoms. The zero-order chi connectivity index (χ0) is 39.5. The molecule has 0 aliphatic heterocycles. The van der Waals surface area contributed by atoms with E-state index in [2.05, 4.69) is 25.2 Å². The number of rotatable bonds is 37. The summed E-state index contributed by atoms with van der Waals surface area (Å²) in [5.74, 6) is -0.229. The molecule has 0 aliphatic rings. The number of phosphoric ester groups is 1. The molecule has 10 heteroatoms. The minimum absolute atomic E-state index is 0.0511. The van der Waals surface area contributed by atoms with Crippen LogP contribution >= 0.6 is 7.82 Å². The first-order valence-electron chi connectivity index (χ1n) is 21.1. The second-order valence-electron chi connectivity index (χ2n) is 15.6. The van der Waals surface area contributed by atoms with Gasteiger partial charge in [-0.25, -0.2) is 4.57 Å². The molecule has 0 aliphatic carbocycles. The number of likely N-dealkylation sites (N-methyl/N-ethyl adjacent to an activating group) is 1. The zero-order valence-electron chi connectivity index (χ0n) is 34.6. The summed E-state index contributed by atoms with van der Waals surface area (Å²) in [4.78, 5) is 23.1. The maximum absolute atomic E-state index is 12.8. The number of phosphoric acid groups is 1. The predicted molar refractivity (Wildman–Crippen MR) is 223 cm³/mol. The van der Waals surface area contributed by atoms with Crippen LogP contribution in [-0.4, -0.2) is 84.6 Å². The molecule has 0 aromatic rings. The van der Waals surface area contributed by atoms with E-state index in [0.717, 1.165) is 38.5 Å². The fraction of sp³-hybridized carbons (Fsp3) is 0.791. The third kappa shape index (κ3) is 37.1. The monoisotopic (exact) mass is 770 g/mol. The van der Waals surface area contributed by atoms with E-state index in [-0.39, 0.29) is 25.5 Å². The van der Waals surface area contributed by atoms with Gasteiger partial charge in [0.1, 0.15) is 13.2 Å². The molecule has 0 radical (unpaired) electrons. The number of quaternary nitrogens is 1. The van der Waals surface area contributed by atoms with Crippen LogP contribution in [0.2, 0.25) is 0 Å². The molecule has 0 rings (SSSR count). The highest BCUT2D eigenvalue weighted by Gasteiger charge is 2.28. The SMILES string of the molecule is CCCCC/C=C\C=C/[C@H](O)C/C=C\C/C=C/CCCC(=O)N[C@@H](COP(=O)(O)OCC[N+](C)(C)C)[C@H](O)CCCCCCCCCCCCCCC. The van der Waals surface area contributed by atoms with E-state index in [1.54, 1.807) is 6.08 Å². The fourth-order valence-electron chi connectivity index (χ4n) is 5.71. The highest BCUT2D eigenvalue weighted by molar-refractivity contribution is 7.47. The molecule has 0 heterocycles. The lowest BCUT2D eigenvalue weighted by Gasteiger charge is -2.26. The molecular formula is C43H82N2O7P+. The third-order valence-electron chi connectivity index (χ3n) is 9.16. The molecule has 4 atom stereocenters. The molecular weight excluding hydrogens is 687 g/mol. The normalized spacial score (nSPS) is 15.5. The van der Waals surface area contributed by atoms with Gasteiger partial charge in [-0.1, -0.05) is 159 Å². The lowest BCUT2D eigenvalue weighted by atomic mass is 10.0. The molecule has 1 amide bonds. The number of aliphatic hydroxyl groups is 2. The number of carbonyl (C=O) groups excluding carboxylic acids is 1. The van der Waals surface area contributed by atoms with Gasteiger partial charge in [-0.15, -0.1) is 0 Å². The van der Waals surface area contributed by atoms with Crippen molar-refractivity contribution in [3.05, 3.63) is 48.6 Å². The molecule has 0 saturated heterocycles. The fourth-order valence-corrected chi connectivity index (χ4v) is 6.44. The van der Waals surface area contributed by atoms with Gasteiger partial charge in [-0.3, -0.25) is 13.8 Å². The van der Waals surface area contributed by atoms with Crippen LogP contribution in [0.4, 0.5) is 0 Å². The predicted octanol–water partition coefficient (Wildman–Crippen LogP) is 10.3. The molecule has 9 nitrogen and oxygen atoms in total. The number of amides is 1. The number of aliphatic hydroxyl groups excluding tert-OH is 2. The van der Waals surface area contributed by atoms with E-state index in [4.69, 9.17) is 9.05 Å². The maximum atomic E-state index is 12.8. The van der Waals surface area contributed by atoms with Crippen LogP contribution in [0, 0.1) is 0 Å². The van der Waals surface area contributed by atoms with Gasteiger partial charge in [0.15, 0.2) is 0 Å². The first-order valence-corrected chi connectivity index (χ1v) is 22.6. The van der Waals surface area contributed by atoms with Crippen molar-refractivity contribution in [1.29, 1.82) is 0 Å². The number of unbranched alkanes of at least 4 members (excludes halogenated alkanes) is 16. The Morgan fingerprint density at radius 3 is 1.91 bits per heavy atom. The average molecular weight is 770 g/mol. The largest absolute Gasteiger partial charge is 0.472 e. The first-order chi connectivity index (χ1) is 25.4. The Labute approximate surface area is 325 Å². The van der Waals surface area contributed by atoms with Gasteiger partial charge in [-0.2, -0.15) is 0 Å². The molecule has 0 spiro atoms. The van der Waals surface area contributed by atoms with Crippen LogP contribution in [0.25, 0.3) is 0 Å². The van der Waals surface area contributed by atoms with Crippen LogP contribution in [0.3, 0.4) is 0 Å². The van der Waals surface area contributed by atoms with E-state index < -0.39 is 26.1 Å². The van der Waals surface area contributed by atoms with Crippen molar-refractivity contribution >= 4 is 13.7 Å². The number of nitrogens with one attached hydrogen (secondary N) is 1.